The molecule has 6 nitrogen and oxygen atoms in total. The van der Waals surface area contributed by atoms with Crippen LogP contribution in [0.15, 0.2) is 22.0 Å². The Labute approximate surface area is 128 Å². The number of rotatable bonds is 2. The van der Waals surface area contributed by atoms with E-state index in [0.29, 0.717) is 17.5 Å². The highest BCUT2D eigenvalue weighted by atomic mass is 35.5. The summed E-state index contributed by atoms with van der Waals surface area (Å²) in [7, 11) is -3.52. The van der Waals surface area contributed by atoms with Gasteiger partial charge in [-0.1, -0.05) is 13.0 Å². The topological polar surface area (TPSA) is 116 Å². The summed E-state index contributed by atoms with van der Waals surface area (Å²) in [5.74, 6) is -1.22. The maximum Gasteiger partial charge on any atom is 0.280 e. The fraction of sp³-hybridized carbons (Fsp3) is 0.385. The molecule has 0 bridgehead atoms. The number of hydrogen-bond donors (Lipinski definition) is 2. The van der Waals surface area contributed by atoms with Gasteiger partial charge in [-0.15, -0.1) is 11.6 Å². The lowest BCUT2D eigenvalue weighted by molar-refractivity contribution is 0.100. The molecule has 0 saturated carbocycles. The number of alkyl halides is 1. The first-order valence-electron chi connectivity index (χ1n) is 6.31. The predicted molar refractivity (Wildman–Crippen MR) is 81.2 cm³/mol. The van der Waals surface area contributed by atoms with Crippen molar-refractivity contribution in [2.24, 2.45) is 16.5 Å². The van der Waals surface area contributed by atoms with Crippen LogP contribution in [-0.2, 0) is 21.1 Å². The first-order valence-corrected chi connectivity index (χ1v) is 8.34. The number of guanidine groups is 1. The number of benzene rings is 1. The summed E-state index contributed by atoms with van der Waals surface area (Å²) in [4.78, 5) is 14.6. The molecule has 0 aromatic heterocycles. The van der Waals surface area contributed by atoms with Gasteiger partial charge in [-0.25, -0.2) is 8.42 Å². The van der Waals surface area contributed by atoms with E-state index in [1.165, 1.54) is 6.07 Å². The minimum Gasteiger partial charge on any atom is -0.370 e. The molecule has 114 valence electrons. The maximum atomic E-state index is 12.2. The highest BCUT2D eigenvalue weighted by Crippen LogP contribution is 2.43. The molecular formula is C13H16ClN3O3S. The minimum absolute atomic E-state index is 0.0753. The van der Waals surface area contributed by atoms with E-state index in [4.69, 9.17) is 23.1 Å². The highest BCUT2D eigenvalue weighted by molar-refractivity contribution is 7.92. The van der Waals surface area contributed by atoms with Gasteiger partial charge in [0.15, 0.2) is 15.8 Å². The van der Waals surface area contributed by atoms with Gasteiger partial charge in [-0.2, -0.15) is 4.99 Å². The van der Waals surface area contributed by atoms with Gasteiger partial charge in [-0.05, 0) is 30.5 Å². The zero-order valence-electron chi connectivity index (χ0n) is 11.7. The van der Waals surface area contributed by atoms with E-state index in [1.54, 1.807) is 13.0 Å². The quantitative estimate of drug-likeness (QED) is 0.475. The first-order chi connectivity index (χ1) is 9.58. The van der Waals surface area contributed by atoms with Gasteiger partial charge in [-0.3, -0.25) is 4.79 Å². The lowest BCUT2D eigenvalue weighted by Gasteiger charge is -2.16. The molecule has 4 N–H and O–H groups in total. The number of aryl methyl sites for hydroxylation is 1. The lowest BCUT2D eigenvalue weighted by Crippen LogP contribution is -2.24. The second-order valence-electron chi connectivity index (χ2n) is 5.16. The fourth-order valence-electron chi connectivity index (χ4n) is 2.47. The Morgan fingerprint density at radius 2 is 2.05 bits per heavy atom. The maximum absolute atomic E-state index is 12.2. The smallest absolute Gasteiger partial charge is 0.280 e. The van der Waals surface area contributed by atoms with Crippen molar-refractivity contribution in [3.05, 3.63) is 28.8 Å². The summed E-state index contributed by atoms with van der Waals surface area (Å²) in [5.41, 5.74) is 11.8. The molecular weight excluding hydrogens is 314 g/mol. The summed E-state index contributed by atoms with van der Waals surface area (Å²) < 4.78 is 24.4. The largest absolute Gasteiger partial charge is 0.370 e. The number of sulfone groups is 1. The number of nitrogens with zero attached hydrogens (tertiary/aromatic N) is 1. The molecule has 21 heavy (non-hydrogen) atoms. The zero-order chi connectivity index (χ0) is 16.0. The van der Waals surface area contributed by atoms with Gasteiger partial charge in [0.05, 0.1) is 15.5 Å². The van der Waals surface area contributed by atoms with Crippen LogP contribution in [0.1, 0.15) is 35.3 Å². The Bertz CT molecular complexity index is 750. The molecule has 1 unspecified atom stereocenters. The molecule has 1 atom stereocenters. The van der Waals surface area contributed by atoms with Crippen LogP contribution in [-0.4, -0.2) is 26.0 Å². The van der Waals surface area contributed by atoms with Crippen molar-refractivity contribution in [1.29, 1.82) is 0 Å². The minimum atomic E-state index is -3.52. The molecule has 1 aromatic carbocycles. The number of amides is 1. The van der Waals surface area contributed by atoms with Crippen LogP contribution in [0, 0.1) is 0 Å². The van der Waals surface area contributed by atoms with Crippen molar-refractivity contribution >= 4 is 33.3 Å². The van der Waals surface area contributed by atoms with Crippen LogP contribution in [0.4, 0.5) is 0 Å². The average Bonchev–Trinajstić information content (AvgIpc) is 2.52. The number of carbonyl (C=O) groups excluding carboxylic acids is 1. The lowest BCUT2D eigenvalue weighted by atomic mass is 9.95. The van der Waals surface area contributed by atoms with Crippen LogP contribution in [0.25, 0.3) is 0 Å². The molecule has 0 fully saturated rings. The molecule has 1 aromatic rings. The molecule has 0 saturated heterocycles. The van der Waals surface area contributed by atoms with E-state index in [-0.39, 0.29) is 22.2 Å². The van der Waals surface area contributed by atoms with E-state index in [1.807, 2.05) is 6.92 Å². The number of nitrogens with two attached hydrogens (primary N) is 2. The van der Waals surface area contributed by atoms with Crippen molar-refractivity contribution in [1.82, 2.24) is 0 Å². The Kier molecular flexibility index (Phi) is 3.75. The molecule has 1 aliphatic heterocycles. The van der Waals surface area contributed by atoms with Crippen molar-refractivity contribution in [3.63, 3.8) is 0 Å². The van der Waals surface area contributed by atoms with E-state index < -0.39 is 20.6 Å². The van der Waals surface area contributed by atoms with Gasteiger partial charge in [0.25, 0.3) is 5.91 Å². The molecule has 0 radical (unpaired) electrons. The van der Waals surface area contributed by atoms with Crippen molar-refractivity contribution < 1.29 is 13.2 Å². The second-order valence-corrected chi connectivity index (χ2v) is 7.95. The molecule has 0 aliphatic carbocycles. The van der Waals surface area contributed by atoms with E-state index in [9.17, 15) is 13.2 Å². The van der Waals surface area contributed by atoms with Crippen LogP contribution >= 0.6 is 11.6 Å². The zero-order valence-corrected chi connectivity index (χ0v) is 13.3. The van der Waals surface area contributed by atoms with Gasteiger partial charge in [0, 0.05) is 5.56 Å². The summed E-state index contributed by atoms with van der Waals surface area (Å²) >= 11 is 6.30. The van der Waals surface area contributed by atoms with Gasteiger partial charge < -0.3 is 11.5 Å². The number of carbonyl (C=O) groups is 1. The van der Waals surface area contributed by atoms with Gasteiger partial charge in [0.2, 0.25) is 0 Å². The van der Waals surface area contributed by atoms with Crippen molar-refractivity contribution in [2.75, 3.05) is 5.75 Å². The first kappa shape index (κ1) is 15.8. The third-order valence-corrected chi connectivity index (χ3v) is 5.87. The summed E-state index contributed by atoms with van der Waals surface area (Å²) in [6, 6.07) is 2.98. The van der Waals surface area contributed by atoms with E-state index in [2.05, 4.69) is 4.99 Å². The van der Waals surface area contributed by atoms with E-state index in [0.717, 1.165) is 0 Å². The van der Waals surface area contributed by atoms with E-state index >= 15 is 0 Å². The predicted octanol–water partition coefficient (Wildman–Crippen LogP) is 0.904. The molecule has 1 heterocycles. The van der Waals surface area contributed by atoms with Crippen molar-refractivity contribution in [3.8, 4) is 0 Å². The third kappa shape index (κ3) is 2.75. The Hall–Kier alpha value is -1.60. The monoisotopic (exact) mass is 329 g/mol. The molecule has 2 rings (SSSR count). The summed E-state index contributed by atoms with van der Waals surface area (Å²) in [6.07, 6.45) is 0.529. The Morgan fingerprint density at radius 3 is 2.57 bits per heavy atom. The molecule has 1 aliphatic rings. The SMILES string of the molecule is CCc1cc2c(cc1C(=O)N=C(N)N)S(=O)(=O)CC2(C)Cl. The average molecular weight is 330 g/mol. The Balaban J connectivity index is 2.72. The van der Waals surface area contributed by atoms with Crippen LogP contribution < -0.4 is 11.5 Å². The number of aliphatic imine (C=N–C) groups is 1. The second kappa shape index (κ2) is 4.99. The molecule has 1 amide bonds. The third-order valence-electron chi connectivity index (χ3n) is 3.41. The highest BCUT2D eigenvalue weighted by Gasteiger charge is 2.43. The number of hydrogen-bond acceptors (Lipinski definition) is 3. The van der Waals surface area contributed by atoms with Gasteiger partial charge >= 0.3 is 0 Å². The van der Waals surface area contributed by atoms with Crippen molar-refractivity contribution in [2.45, 2.75) is 30.0 Å². The van der Waals surface area contributed by atoms with Gasteiger partial charge in [0.1, 0.15) is 0 Å². The molecule has 0 spiro atoms. The summed E-state index contributed by atoms with van der Waals surface area (Å²) in [5, 5.41) is 0. The standard InChI is InChI=1S/C13H16ClN3O3S/c1-3-7-4-9-10(21(19,20)6-13(9,2)14)5-8(7)11(18)17-12(15)16/h4-5H,3,6H2,1-2H3,(H4,15,16,17,18). The van der Waals surface area contributed by atoms with Crippen LogP contribution in [0.2, 0.25) is 0 Å². The summed E-state index contributed by atoms with van der Waals surface area (Å²) in [6.45, 7) is 3.50. The number of fused-ring (bicyclic) bond motifs is 1. The Morgan fingerprint density at radius 1 is 1.43 bits per heavy atom. The fourth-order valence-corrected chi connectivity index (χ4v) is 5.06. The van der Waals surface area contributed by atoms with Crippen LogP contribution in [0.5, 0.6) is 0 Å². The normalized spacial score (nSPS) is 22.6. The number of halogens is 1. The molecule has 8 heteroatoms. The van der Waals surface area contributed by atoms with Crippen LogP contribution in [0.3, 0.4) is 0 Å².